The number of rotatable bonds is 30. The number of hydrogen-bond donors (Lipinski definition) is 2. The fourth-order valence-electron chi connectivity index (χ4n) is 15.8. The Bertz CT molecular complexity index is 5610. The van der Waals surface area contributed by atoms with Crippen LogP contribution in [-0.4, -0.2) is 95.6 Å². The van der Waals surface area contributed by atoms with E-state index < -0.39 is 59.5 Å². The minimum Gasteiger partial charge on any atom is -0.462 e. The van der Waals surface area contributed by atoms with Gasteiger partial charge in [0.1, 0.15) is 71.3 Å². The van der Waals surface area contributed by atoms with E-state index >= 15 is 28.8 Å². The van der Waals surface area contributed by atoms with Gasteiger partial charge in [-0.15, -0.1) is 0 Å². The quantitative estimate of drug-likeness (QED) is 0.0107. The molecule has 18 heteroatoms. The highest BCUT2D eigenvalue weighted by Gasteiger charge is 2.47. The van der Waals surface area contributed by atoms with Crippen LogP contribution in [0.4, 0.5) is 0 Å². The average molecular weight is 1570 g/mol. The molecule has 592 valence electrons. The highest BCUT2D eigenvalue weighted by molar-refractivity contribution is 6.45. The van der Waals surface area contributed by atoms with E-state index in [1.807, 2.05) is 187 Å². The third-order valence-electron chi connectivity index (χ3n) is 21.5. The Hall–Kier alpha value is -14.0. The molecule has 2 aliphatic heterocycles. The number of aryl methyl sites for hydroxylation is 4. The summed E-state index contributed by atoms with van der Waals surface area (Å²) in [7, 11) is 0. The monoisotopic (exact) mass is 1570 g/mol. The third kappa shape index (κ3) is 15.9. The van der Waals surface area contributed by atoms with E-state index in [-0.39, 0.29) is 139 Å². The van der Waals surface area contributed by atoms with E-state index in [4.69, 9.17) is 28.4 Å². The van der Waals surface area contributed by atoms with Crippen LogP contribution in [-0.2, 0) is 28.7 Å². The number of benzene rings is 13. The minimum atomic E-state index is -1.51. The molecular weight excluding hydrogens is 1480 g/mol. The van der Waals surface area contributed by atoms with Gasteiger partial charge in [0, 0.05) is 54.2 Å². The molecule has 13 aromatic rings. The van der Waals surface area contributed by atoms with Gasteiger partial charge in [-0.1, -0.05) is 221 Å². The molecule has 2 unspecified atom stereocenters. The first kappa shape index (κ1) is 79.2. The number of carbonyl (C=O) groups excluding carboxylic acids is 8. The Labute approximate surface area is 683 Å². The highest BCUT2D eigenvalue weighted by atomic mass is 16.5. The summed E-state index contributed by atoms with van der Waals surface area (Å²) in [6.07, 6.45) is 1.85. The second-order valence-corrected chi connectivity index (χ2v) is 30.4. The summed E-state index contributed by atoms with van der Waals surface area (Å²) >= 11 is 0. The van der Waals surface area contributed by atoms with Crippen molar-refractivity contribution < 1.29 is 66.8 Å². The van der Waals surface area contributed by atoms with E-state index in [0.29, 0.717) is 48.7 Å². The zero-order valence-electron chi connectivity index (χ0n) is 67.0. The van der Waals surface area contributed by atoms with Crippen LogP contribution in [0.3, 0.4) is 0 Å². The van der Waals surface area contributed by atoms with Gasteiger partial charge in [0.05, 0.1) is 35.3 Å². The van der Waals surface area contributed by atoms with Crippen molar-refractivity contribution in [2.75, 3.05) is 26.3 Å². The number of nitrogens with one attached hydrogen (secondary N) is 2. The van der Waals surface area contributed by atoms with Crippen molar-refractivity contribution in [3.05, 3.63) is 287 Å². The van der Waals surface area contributed by atoms with Crippen LogP contribution >= 0.6 is 0 Å². The third-order valence-corrected chi connectivity index (χ3v) is 21.5. The Morgan fingerprint density at radius 2 is 0.585 bits per heavy atom. The zero-order valence-corrected chi connectivity index (χ0v) is 67.0. The molecule has 15 rings (SSSR count). The summed E-state index contributed by atoms with van der Waals surface area (Å²) in [5.74, 6) is -4.86. The number of fused-ring (bicyclic) bond motifs is 2. The summed E-state index contributed by atoms with van der Waals surface area (Å²) < 4.78 is 42.0. The van der Waals surface area contributed by atoms with Crippen molar-refractivity contribution in [3.63, 3.8) is 0 Å². The smallest absolute Gasteiger partial charge is 0.329 e. The molecule has 2 aliphatic rings. The molecule has 13 aromatic carbocycles. The maximum Gasteiger partial charge on any atom is 0.329 e. The number of unbranched alkanes of at least 4 members (excludes halogenated alkanes) is 2. The summed E-state index contributed by atoms with van der Waals surface area (Å²) in [6.45, 7) is 21.6. The van der Waals surface area contributed by atoms with Gasteiger partial charge >= 0.3 is 11.9 Å². The van der Waals surface area contributed by atoms with Crippen molar-refractivity contribution in [2.45, 2.75) is 106 Å². The first-order valence-corrected chi connectivity index (χ1v) is 39.8. The van der Waals surface area contributed by atoms with Gasteiger partial charge in [0.15, 0.2) is 0 Å². The predicted molar refractivity (Wildman–Crippen MR) is 460 cm³/mol. The number of amides is 6. The molecule has 6 amide bonds. The molecule has 0 saturated heterocycles. The molecule has 0 saturated carbocycles. The topological polar surface area (TPSA) is 222 Å². The Kier molecular flexibility index (Phi) is 22.7. The van der Waals surface area contributed by atoms with Crippen LogP contribution in [0.5, 0.6) is 46.0 Å². The molecule has 0 aromatic heterocycles. The molecule has 0 fully saturated rings. The van der Waals surface area contributed by atoms with E-state index in [2.05, 4.69) is 48.1 Å². The Morgan fingerprint density at radius 3 is 0.822 bits per heavy atom. The number of nitrogens with zero attached hydrogens (tertiary/aromatic N) is 2. The van der Waals surface area contributed by atoms with Gasteiger partial charge in [-0.05, 0) is 172 Å². The molecule has 18 nitrogen and oxygen atoms in total. The van der Waals surface area contributed by atoms with Gasteiger partial charge in [0.25, 0.3) is 23.6 Å². The Morgan fingerprint density at radius 1 is 0.339 bits per heavy atom. The van der Waals surface area contributed by atoms with Gasteiger partial charge in [-0.25, -0.2) is 9.59 Å². The molecule has 2 heterocycles. The lowest BCUT2D eigenvalue weighted by Gasteiger charge is -2.35. The summed E-state index contributed by atoms with van der Waals surface area (Å²) in [5, 5.41) is 6.96. The summed E-state index contributed by atoms with van der Waals surface area (Å²) in [6, 6.07) is 65.1. The van der Waals surface area contributed by atoms with Crippen LogP contribution in [0.25, 0.3) is 87.6 Å². The van der Waals surface area contributed by atoms with Crippen molar-refractivity contribution in [2.24, 2.45) is 0 Å². The molecule has 0 radical (unpaired) electrons. The molecule has 0 spiro atoms. The lowest BCUT2D eigenvalue weighted by atomic mass is 9.80. The number of esters is 2. The highest BCUT2D eigenvalue weighted by Crippen LogP contribution is 2.59. The van der Waals surface area contributed by atoms with E-state index in [9.17, 15) is 9.59 Å². The molecule has 0 aliphatic carbocycles. The average Bonchev–Trinajstić information content (AvgIpc) is 0.669. The van der Waals surface area contributed by atoms with Crippen LogP contribution in [0, 0.1) is 27.7 Å². The van der Waals surface area contributed by atoms with E-state index in [1.54, 1.807) is 62.4 Å². The largest absolute Gasteiger partial charge is 0.462 e. The van der Waals surface area contributed by atoms with Crippen molar-refractivity contribution >= 4 is 90.5 Å². The molecule has 0 bridgehead atoms. The van der Waals surface area contributed by atoms with Gasteiger partial charge < -0.3 is 39.1 Å². The fraction of sp³-hybridized carbons (Fsp3) is 0.200. The first-order valence-electron chi connectivity index (χ1n) is 39.8. The van der Waals surface area contributed by atoms with Crippen LogP contribution < -0.4 is 29.6 Å². The van der Waals surface area contributed by atoms with Crippen molar-refractivity contribution in [1.82, 2.24) is 20.4 Å². The van der Waals surface area contributed by atoms with Crippen LogP contribution in [0.15, 0.2) is 243 Å². The lowest BCUT2D eigenvalue weighted by molar-refractivity contribution is -0.149. The van der Waals surface area contributed by atoms with Gasteiger partial charge in [-0.3, -0.25) is 38.6 Å². The first-order chi connectivity index (χ1) is 57.0. The van der Waals surface area contributed by atoms with E-state index in [0.717, 1.165) is 76.6 Å². The van der Waals surface area contributed by atoms with Crippen molar-refractivity contribution in [1.29, 1.82) is 0 Å². The SMILES string of the molecule is C=C(C)C(=O)NCCOC(=O)C(CCCC)N1C(=O)c2cc(Oc3cccc(-c4cccc(C)c4)c3)c3c4c(Oc5cccc(-c6cccc(C)c6)c5)cc5c6c(cc(Oc7cccc(-c8cccc(C)c8)c7)c(c7c(Oc8cccc(-c9cccc(C)c9)c8)cc(c2c37)C1=O)c64)C(=O)N(C(CCCC)C(=O)OCCNC(=O)C(=C)C)C5=O. The molecular formula is C100H88N4O14. The van der Waals surface area contributed by atoms with Crippen LogP contribution in [0.1, 0.15) is 130 Å². The van der Waals surface area contributed by atoms with E-state index in [1.165, 1.54) is 0 Å². The number of hydrogen-bond acceptors (Lipinski definition) is 14. The summed E-state index contributed by atoms with van der Waals surface area (Å²) in [5.41, 5.74) is 10.9. The molecule has 2 N–H and O–H groups in total. The second-order valence-electron chi connectivity index (χ2n) is 30.4. The van der Waals surface area contributed by atoms with Gasteiger partial charge in [0.2, 0.25) is 11.8 Å². The fourth-order valence-corrected chi connectivity index (χ4v) is 15.8. The standard InChI is InChI=1S/C100H88N4O14/c1-11-13-39-79(99(111)113-43-41-101-93(105)57(3)4)103-95(107)75-53-81(115-71-35-19-31-67(49-71)63-27-15-23-59(7)45-63)87-89-83(117-73-37-21-33-69(51-73)65-29-17-25-61(9)47-65)55-77-86-78(98(110)104(97(77)109)80(40-14-12-2)100(112)114-44-42-102-94(106)58(5)6)56-84(118-74-38-22-34-70(52-74)66-30-18-26-62(10)48-66)90(92(86)89)88-82(54-76(96(103)108)85(75)91(87)88)116-72-36-20-32-68(50-72)64-28-16-24-60(8)46-64/h15-38,45-56,79-80H,3,5,11-14,39-44H2,1-2,4,6-10H3,(H,101,105)(H,102,106). The van der Waals surface area contributed by atoms with Gasteiger partial charge in [-0.2, -0.15) is 0 Å². The maximum absolute atomic E-state index is 16.7. The summed E-state index contributed by atoms with van der Waals surface area (Å²) in [4.78, 5) is 124. The predicted octanol–water partition coefficient (Wildman–Crippen LogP) is 21.6. The maximum atomic E-state index is 16.7. The number of ether oxygens (including phenoxy) is 6. The molecule has 118 heavy (non-hydrogen) atoms. The van der Waals surface area contributed by atoms with Crippen molar-refractivity contribution in [3.8, 4) is 90.5 Å². The molecule has 2 atom stereocenters. The van der Waals surface area contributed by atoms with Crippen LogP contribution in [0.2, 0.25) is 0 Å². The number of carbonyl (C=O) groups is 8. The number of imide groups is 2. The second kappa shape index (κ2) is 33.8. The normalized spacial score (nSPS) is 12.9. The minimum absolute atomic E-state index is 0.00765. The zero-order chi connectivity index (χ0) is 82.7. The Balaban J connectivity index is 1.09. The lowest BCUT2D eigenvalue weighted by Crippen LogP contribution is -2.51.